The molecule has 0 radical (unpaired) electrons. The van der Waals surface area contributed by atoms with Crippen LogP contribution in [0.15, 0.2) is 24.3 Å². The summed E-state index contributed by atoms with van der Waals surface area (Å²) in [7, 11) is 0. The number of aliphatic hydroxyl groups is 2. The van der Waals surface area contributed by atoms with E-state index in [0.717, 1.165) is 62.5 Å². The van der Waals surface area contributed by atoms with Crippen molar-refractivity contribution in [2.45, 2.75) is 127 Å². The number of aromatic hydroxyl groups is 2. The smallest absolute Gasteiger partial charge is 0.124 e. The first-order valence-corrected chi connectivity index (χ1v) is 14.5. The average Bonchev–Trinajstić information content (AvgIpc) is 2.94. The van der Waals surface area contributed by atoms with Crippen LogP contribution in [0.25, 0.3) is 0 Å². The van der Waals surface area contributed by atoms with Gasteiger partial charge in [0.25, 0.3) is 0 Å². The summed E-state index contributed by atoms with van der Waals surface area (Å²) in [6.45, 7) is -0.333. The minimum atomic E-state index is -0.236. The molecule has 0 spiro atoms. The third kappa shape index (κ3) is 4.79. The van der Waals surface area contributed by atoms with E-state index in [1.807, 2.05) is 12.1 Å². The Morgan fingerprint density at radius 1 is 0.556 bits per heavy atom. The van der Waals surface area contributed by atoms with E-state index < -0.39 is 0 Å². The van der Waals surface area contributed by atoms with E-state index in [1.54, 1.807) is 0 Å². The van der Waals surface area contributed by atoms with Crippen molar-refractivity contribution in [2.24, 2.45) is 0 Å². The van der Waals surface area contributed by atoms with Crippen molar-refractivity contribution in [3.05, 3.63) is 57.6 Å². The van der Waals surface area contributed by atoms with Crippen LogP contribution in [0.2, 0.25) is 0 Å². The van der Waals surface area contributed by atoms with E-state index in [1.165, 1.54) is 56.1 Å². The zero-order valence-corrected chi connectivity index (χ0v) is 21.8. The van der Waals surface area contributed by atoms with Gasteiger partial charge in [0.05, 0.1) is 13.2 Å². The Labute approximate surface area is 216 Å². The van der Waals surface area contributed by atoms with Gasteiger partial charge in [0.1, 0.15) is 11.5 Å². The van der Waals surface area contributed by atoms with E-state index in [0.29, 0.717) is 23.0 Å². The van der Waals surface area contributed by atoms with Crippen LogP contribution in [0.5, 0.6) is 11.5 Å². The molecule has 4 nitrogen and oxygen atoms in total. The number of phenols is 2. The molecule has 3 saturated carbocycles. The standard InChI is InChI=1S/C32H44O4/c33-20-24-16-26(18-28(30(24)35)22-10-4-1-5-11-22)32(14-8-3-9-15-32)27-17-25(21-34)31(36)29(19-27)23-12-6-2-7-13-23/h16-19,22-23,33-36H,1-15,20-21H2. The fourth-order valence-corrected chi connectivity index (χ4v) is 7.58. The van der Waals surface area contributed by atoms with Gasteiger partial charge in [0.2, 0.25) is 0 Å². The summed E-state index contributed by atoms with van der Waals surface area (Å²) in [5, 5.41) is 42.7. The third-order valence-electron chi connectivity index (χ3n) is 9.68. The monoisotopic (exact) mass is 492 g/mol. The Kier molecular flexibility index (Phi) is 7.93. The molecular formula is C32H44O4. The van der Waals surface area contributed by atoms with Crippen molar-refractivity contribution >= 4 is 0 Å². The molecule has 196 valence electrons. The first-order valence-electron chi connectivity index (χ1n) is 14.5. The molecule has 0 heterocycles. The maximum atomic E-state index is 11.1. The highest BCUT2D eigenvalue weighted by atomic mass is 16.3. The van der Waals surface area contributed by atoms with Gasteiger partial charge in [-0.15, -0.1) is 0 Å². The summed E-state index contributed by atoms with van der Waals surface area (Å²) < 4.78 is 0. The van der Waals surface area contributed by atoms with E-state index in [4.69, 9.17) is 0 Å². The Morgan fingerprint density at radius 3 is 1.33 bits per heavy atom. The lowest BCUT2D eigenvalue weighted by atomic mass is 9.63. The maximum absolute atomic E-state index is 11.1. The molecule has 0 saturated heterocycles. The topological polar surface area (TPSA) is 80.9 Å². The van der Waals surface area contributed by atoms with Gasteiger partial charge in [0.15, 0.2) is 0 Å². The zero-order chi connectivity index (χ0) is 25.1. The minimum Gasteiger partial charge on any atom is -0.507 e. The molecule has 3 fully saturated rings. The number of aliphatic hydroxyl groups excluding tert-OH is 2. The van der Waals surface area contributed by atoms with Gasteiger partial charge in [-0.1, -0.05) is 69.9 Å². The first kappa shape index (κ1) is 25.6. The average molecular weight is 493 g/mol. The first-order chi connectivity index (χ1) is 17.6. The van der Waals surface area contributed by atoms with Crippen LogP contribution in [-0.2, 0) is 18.6 Å². The van der Waals surface area contributed by atoms with Crippen LogP contribution in [0.1, 0.15) is 142 Å². The number of hydrogen-bond acceptors (Lipinski definition) is 4. The largest absolute Gasteiger partial charge is 0.507 e. The zero-order valence-electron chi connectivity index (χ0n) is 21.8. The molecule has 3 aliphatic rings. The second-order valence-corrected chi connectivity index (χ2v) is 11.8. The number of rotatable bonds is 6. The second-order valence-electron chi connectivity index (χ2n) is 11.8. The van der Waals surface area contributed by atoms with Crippen molar-refractivity contribution in [1.82, 2.24) is 0 Å². The Bertz CT molecular complexity index is 963. The quantitative estimate of drug-likeness (QED) is 0.338. The normalized spacial score (nSPS) is 21.5. The van der Waals surface area contributed by atoms with E-state index in [2.05, 4.69) is 12.1 Å². The van der Waals surface area contributed by atoms with Gasteiger partial charge in [0, 0.05) is 16.5 Å². The molecule has 0 amide bonds. The molecule has 0 atom stereocenters. The van der Waals surface area contributed by atoms with E-state index in [-0.39, 0.29) is 30.1 Å². The summed E-state index contributed by atoms with van der Waals surface area (Å²) in [6, 6.07) is 8.58. The van der Waals surface area contributed by atoms with Gasteiger partial charge in [-0.25, -0.2) is 0 Å². The molecule has 2 aromatic rings. The number of benzene rings is 2. The fraction of sp³-hybridized carbons (Fsp3) is 0.625. The molecule has 0 bridgehead atoms. The highest BCUT2D eigenvalue weighted by Crippen LogP contribution is 2.50. The highest BCUT2D eigenvalue weighted by molar-refractivity contribution is 5.54. The maximum Gasteiger partial charge on any atom is 0.124 e. The van der Waals surface area contributed by atoms with E-state index in [9.17, 15) is 20.4 Å². The molecule has 5 rings (SSSR count). The van der Waals surface area contributed by atoms with Gasteiger partial charge < -0.3 is 20.4 Å². The summed E-state index contributed by atoms with van der Waals surface area (Å²) in [5.41, 5.74) is 5.42. The molecule has 0 aliphatic heterocycles. The van der Waals surface area contributed by atoms with Crippen LogP contribution in [0, 0.1) is 0 Å². The Morgan fingerprint density at radius 2 is 0.944 bits per heavy atom. The van der Waals surface area contributed by atoms with Gasteiger partial charge >= 0.3 is 0 Å². The van der Waals surface area contributed by atoms with Crippen LogP contribution in [-0.4, -0.2) is 20.4 Å². The summed E-state index contributed by atoms with van der Waals surface area (Å²) in [6.07, 6.45) is 17.1. The van der Waals surface area contributed by atoms with Crippen LogP contribution in [0.4, 0.5) is 0 Å². The molecule has 4 N–H and O–H groups in total. The predicted molar refractivity (Wildman–Crippen MR) is 144 cm³/mol. The lowest BCUT2D eigenvalue weighted by Gasteiger charge is -2.40. The van der Waals surface area contributed by atoms with Crippen molar-refractivity contribution in [3.63, 3.8) is 0 Å². The van der Waals surface area contributed by atoms with Gasteiger partial charge in [-0.05, 0) is 84.7 Å². The summed E-state index contributed by atoms with van der Waals surface area (Å²) in [4.78, 5) is 0. The van der Waals surface area contributed by atoms with Crippen LogP contribution < -0.4 is 0 Å². The summed E-state index contributed by atoms with van der Waals surface area (Å²) >= 11 is 0. The van der Waals surface area contributed by atoms with Crippen molar-refractivity contribution in [2.75, 3.05) is 0 Å². The van der Waals surface area contributed by atoms with Crippen molar-refractivity contribution in [3.8, 4) is 11.5 Å². The van der Waals surface area contributed by atoms with Gasteiger partial charge in [-0.2, -0.15) is 0 Å². The lowest BCUT2D eigenvalue weighted by molar-refractivity contribution is 0.272. The molecule has 3 aliphatic carbocycles. The Balaban J connectivity index is 1.67. The molecule has 0 unspecified atom stereocenters. The SMILES string of the molecule is OCc1cc(C2(c3cc(CO)c(O)c(C4CCCCC4)c3)CCCCC2)cc(C2CCCCC2)c1O. The van der Waals surface area contributed by atoms with E-state index >= 15 is 0 Å². The molecular weight excluding hydrogens is 448 g/mol. The van der Waals surface area contributed by atoms with Gasteiger partial charge in [-0.3, -0.25) is 0 Å². The van der Waals surface area contributed by atoms with Crippen LogP contribution >= 0.6 is 0 Å². The lowest BCUT2D eigenvalue weighted by Crippen LogP contribution is -2.31. The second kappa shape index (κ2) is 11.1. The molecule has 0 aromatic heterocycles. The van der Waals surface area contributed by atoms with Crippen molar-refractivity contribution < 1.29 is 20.4 Å². The fourth-order valence-electron chi connectivity index (χ4n) is 7.58. The Hall–Kier alpha value is -2.04. The number of hydrogen-bond donors (Lipinski definition) is 4. The third-order valence-corrected chi connectivity index (χ3v) is 9.68. The molecule has 36 heavy (non-hydrogen) atoms. The summed E-state index contributed by atoms with van der Waals surface area (Å²) in [5.74, 6) is 1.25. The molecule has 2 aromatic carbocycles. The predicted octanol–water partition coefficient (Wildman–Crippen LogP) is 7.43. The highest BCUT2D eigenvalue weighted by Gasteiger charge is 2.38. The van der Waals surface area contributed by atoms with Crippen molar-refractivity contribution in [1.29, 1.82) is 0 Å². The van der Waals surface area contributed by atoms with Crippen LogP contribution in [0.3, 0.4) is 0 Å². The minimum absolute atomic E-state index is 0.166. The molecule has 4 heteroatoms.